The molecule has 0 fully saturated rings. The number of amides is 1. The fraction of sp³-hybridized carbons (Fsp3) is 0.471. The van der Waals surface area contributed by atoms with Gasteiger partial charge in [0.25, 0.3) is 0 Å². The second-order valence-electron chi connectivity index (χ2n) is 7.63. The molecule has 0 spiro atoms. The molecule has 1 atom stereocenters. The van der Waals surface area contributed by atoms with Crippen LogP contribution in [-0.2, 0) is 34.6 Å². The van der Waals surface area contributed by atoms with Crippen LogP contribution in [0.3, 0.4) is 0 Å². The van der Waals surface area contributed by atoms with E-state index in [1.54, 1.807) is 0 Å². The topological polar surface area (TPSA) is 127 Å². The van der Waals surface area contributed by atoms with Crippen molar-refractivity contribution >= 4 is 21.6 Å². The standard InChI is InChI=1S/C17H22N6O2S/c1-17(2)7-6-12-14(11-4-3-5-13(11)21-15(12)17)22-16(24)23-9-10(8-20-23)26(18,19)25/h8-9H,3-7H2,1-2H3,(H3,18,19,25)(H,21,22,24). The van der Waals surface area contributed by atoms with Crippen molar-refractivity contribution in [2.75, 3.05) is 5.32 Å². The van der Waals surface area contributed by atoms with Gasteiger partial charge in [-0.3, -0.25) is 4.98 Å². The first-order valence-corrected chi connectivity index (χ1v) is 10.3. The maximum absolute atomic E-state index is 12.7. The first kappa shape index (κ1) is 17.2. The monoisotopic (exact) mass is 374 g/mol. The van der Waals surface area contributed by atoms with Crippen LogP contribution in [0.25, 0.3) is 0 Å². The van der Waals surface area contributed by atoms with Crippen LogP contribution in [0.1, 0.15) is 49.2 Å². The molecule has 2 aromatic rings. The summed E-state index contributed by atoms with van der Waals surface area (Å²) in [5.74, 6) is 0. The smallest absolute Gasteiger partial charge is 0.305 e. The third-order valence-corrected chi connectivity index (χ3v) is 6.23. The Morgan fingerprint density at radius 1 is 1.35 bits per heavy atom. The Morgan fingerprint density at radius 2 is 2.12 bits per heavy atom. The summed E-state index contributed by atoms with van der Waals surface area (Å²) in [4.78, 5) is 17.6. The Hall–Kier alpha value is -2.26. The van der Waals surface area contributed by atoms with E-state index in [2.05, 4.69) is 24.3 Å². The zero-order chi connectivity index (χ0) is 18.7. The number of hydrogen-bond donors (Lipinski definition) is 3. The van der Waals surface area contributed by atoms with Gasteiger partial charge >= 0.3 is 6.03 Å². The molecule has 9 heteroatoms. The maximum atomic E-state index is 12.7. The Morgan fingerprint density at radius 3 is 2.81 bits per heavy atom. The first-order chi connectivity index (χ1) is 12.2. The molecule has 1 amide bonds. The van der Waals surface area contributed by atoms with E-state index < -0.39 is 15.9 Å². The summed E-state index contributed by atoms with van der Waals surface area (Å²) in [5.41, 5.74) is 5.23. The largest absolute Gasteiger partial charge is 0.346 e. The first-order valence-electron chi connectivity index (χ1n) is 8.64. The van der Waals surface area contributed by atoms with Crippen LogP contribution in [-0.4, -0.2) is 25.0 Å². The highest BCUT2D eigenvalue weighted by atomic mass is 32.2. The fourth-order valence-electron chi connectivity index (χ4n) is 3.87. The second-order valence-corrected chi connectivity index (χ2v) is 9.30. The molecule has 0 bridgehead atoms. The fourth-order valence-corrected chi connectivity index (χ4v) is 4.33. The summed E-state index contributed by atoms with van der Waals surface area (Å²) >= 11 is 0. The second kappa shape index (κ2) is 5.62. The lowest BCUT2D eigenvalue weighted by Crippen LogP contribution is -2.23. The number of fused-ring (bicyclic) bond motifs is 2. The van der Waals surface area contributed by atoms with Gasteiger partial charge in [-0.15, -0.1) is 0 Å². The maximum Gasteiger partial charge on any atom is 0.346 e. The van der Waals surface area contributed by atoms with E-state index >= 15 is 0 Å². The molecule has 4 N–H and O–H groups in total. The van der Waals surface area contributed by atoms with Gasteiger partial charge in [0, 0.05) is 11.1 Å². The van der Waals surface area contributed by atoms with E-state index in [1.807, 2.05) is 0 Å². The number of nitrogens with one attached hydrogen (secondary N) is 2. The summed E-state index contributed by atoms with van der Waals surface area (Å²) in [7, 11) is -3.40. The SMILES string of the molecule is CC1(C)CCc2c1nc1c(c2NC(=O)n2cc(S(=N)(N)=O)cn2)CCC1. The number of rotatable bonds is 2. The molecule has 0 aliphatic heterocycles. The van der Waals surface area contributed by atoms with Gasteiger partial charge in [-0.05, 0) is 43.2 Å². The van der Waals surface area contributed by atoms with Crippen LogP contribution in [0.5, 0.6) is 0 Å². The van der Waals surface area contributed by atoms with Crippen molar-refractivity contribution in [1.82, 2.24) is 14.8 Å². The van der Waals surface area contributed by atoms with Gasteiger partial charge in [0.2, 0.25) is 0 Å². The molecule has 0 radical (unpaired) electrons. The molecule has 2 aliphatic rings. The average Bonchev–Trinajstić information content (AvgIpc) is 3.26. The Bertz CT molecular complexity index is 1020. The zero-order valence-corrected chi connectivity index (χ0v) is 15.7. The van der Waals surface area contributed by atoms with Crippen molar-refractivity contribution in [2.24, 2.45) is 5.14 Å². The number of hydrogen-bond acceptors (Lipinski definition) is 5. The van der Waals surface area contributed by atoms with E-state index in [4.69, 9.17) is 14.9 Å². The number of anilines is 1. The lowest BCUT2D eigenvalue weighted by Gasteiger charge is -2.20. The third kappa shape index (κ3) is 2.71. The van der Waals surface area contributed by atoms with Gasteiger partial charge < -0.3 is 5.32 Å². The lowest BCUT2D eigenvalue weighted by atomic mass is 9.90. The van der Waals surface area contributed by atoms with Gasteiger partial charge in [0.1, 0.15) is 14.8 Å². The van der Waals surface area contributed by atoms with Crippen molar-refractivity contribution in [2.45, 2.75) is 56.3 Å². The molecule has 1 unspecified atom stereocenters. The molecule has 4 rings (SSSR count). The number of nitrogens with two attached hydrogens (primary N) is 1. The minimum atomic E-state index is -3.40. The molecule has 0 aromatic carbocycles. The van der Waals surface area contributed by atoms with Gasteiger partial charge in [-0.2, -0.15) is 9.78 Å². The highest BCUT2D eigenvalue weighted by molar-refractivity contribution is 7.90. The molecule has 2 heterocycles. The molecule has 138 valence electrons. The number of pyridine rings is 1. The average molecular weight is 374 g/mol. The minimum Gasteiger partial charge on any atom is -0.305 e. The summed E-state index contributed by atoms with van der Waals surface area (Å²) in [6.45, 7) is 4.37. The number of nitrogens with zero attached hydrogens (tertiary/aromatic N) is 3. The summed E-state index contributed by atoms with van der Waals surface area (Å²) in [6, 6.07) is -0.452. The summed E-state index contributed by atoms with van der Waals surface area (Å²) < 4.78 is 20.1. The Kier molecular flexibility index (Phi) is 3.71. The van der Waals surface area contributed by atoms with Crippen molar-refractivity contribution in [1.29, 1.82) is 4.78 Å². The van der Waals surface area contributed by atoms with E-state index in [1.165, 1.54) is 12.4 Å². The van der Waals surface area contributed by atoms with Crippen molar-refractivity contribution in [3.8, 4) is 0 Å². The quantitative estimate of drug-likeness (QED) is 0.745. The van der Waals surface area contributed by atoms with E-state index in [0.717, 1.165) is 65.0 Å². The van der Waals surface area contributed by atoms with Crippen LogP contribution in [0.15, 0.2) is 17.3 Å². The van der Waals surface area contributed by atoms with E-state index in [0.29, 0.717) is 0 Å². The van der Waals surface area contributed by atoms with E-state index in [-0.39, 0.29) is 10.3 Å². The highest BCUT2D eigenvalue weighted by Crippen LogP contribution is 2.44. The Labute approximate surface area is 152 Å². The lowest BCUT2D eigenvalue weighted by molar-refractivity contribution is 0.251. The van der Waals surface area contributed by atoms with Gasteiger partial charge in [0.05, 0.1) is 23.8 Å². The highest BCUT2D eigenvalue weighted by Gasteiger charge is 2.36. The molecular formula is C17H22N6O2S. The van der Waals surface area contributed by atoms with E-state index in [9.17, 15) is 9.00 Å². The number of aryl methyl sites for hydroxylation is 1. The van der Waals surface area contributed by atoms with Crippen LogP contribution in [0.4, 0.5) is 10.5 Å². The minimum absolute atomic E-state index is 0.00158. The van der Waals surface area contributed by atoms with Crippen molar-refractivity contribution < 1.29 is 9.00 Å². The normalized spacial score (nSPS) is 19.7. The van der Waals surface area contributed by atoms with Crippen LogP contribution in [0, 0.1) is 4.78 Å². The molecule has 26 heavy (non-hydrogen) atoms. The molecule has 2 aliphatic carbocycles. The molecule has 0 saturated carbocycles. The molecule has 8 nitrogen and oxygen atoms in total. The van der Waals surface area contributed by atoms with Crippen LogP contribution >= 0.6 is 0 Å². The number of carbonyl (C=O) groups is 1. The van der Waals surface area contributed by atoms with Crippen LogP contribution in [0.2, 0.25) is 0 Å². The Balaban J connectivity index is 1.73. The zero-order valence-electron chi connectivity index (χ0n) is 14.8. The molecular weight excluding hydrogens is 352 g/mol. The third-order valence-electron chi connectivity index (χ3n) is 5.31. The molecule has 2 aromatic heterocycles. The predicted molar refractivity (Wildman–Crippen MR) is 97.6 cm³/mol. The number of carbonyl (C=O) groups excluding carboxylic acids is 1. The van der Waals surface area contributed by atoms with Gasteiger partial charge in [0.15, 0.2) is 0 Å². The van der Waals surface area contributed by atoms with Crippen molar-refractivity contribution in [3.63, 3.8) is 0 Å². The summed E-state index contributed by atoms with van der Waals surface area (Å²) in [6.07, 6.45) is 7.19. The number of aromatic nitrogens is 3. The van der Waals surface area contributed by atoms with Crippen molar-refractivity contribution in [3.05, 3.63) is 34.9 Å². The molecule has 0 saturated heterocycles. The van der Waals surface area contributed by atoms with Crippen LogP contribution < -0.4 is 10.5 Å². The predicted octanol–water partition coefficient (Wildman–Crippen LogP) is 2.35. The summed E-state index contributed by atoms with van der Waals surface area (Å²) in [5, 5.41) is 12.2. The van der Waals surface area contributed by atoms with Gasteiger partial charge in [-0.25, -0.2) is 18.9 Å². The van der Waals surface area contributed by atoms with Gasteiger partial charge in [-0.1, -0.05) is 13.8 Å².